The minimum Gasteiger partial charge on any atom is -0.299 e. The van der Waals surface area contributed by atoms with Crippen molar-refractivity contribution in [2.75, 3.05) is 5.75 Å². The lowest BCUT2D eigenvalue weighted by Gasteiger charge is -2.44. The molecular weight excluding hydrogens is 252 g/mol. The van der Waals surface area contributed by atoms with Crippen LogP contribution in [0.4, 0.5) is 0 Å². The Hall–Kier alpha value is -1.02. The number of rotatable bonds is 3. The van der Waals surface area contributed by atoms with Gasteiger partial charge in [-0.1, -0.05) is 30.4 Å². The zero-order chi connectivity index (χ0) is 13.1. The molecular formula is C17H20OS. The summed E-state index contributed by atoms with van der Waals surface area (Å²) in [6, 6.07) is 10.5. The number of hydrogen-bond donors (Lipinski definition) is 0. The minimum absolute atomic E-state index is 0.0759. The topological polar surface area (TPSA) is 17.1 Å². The first kappa shape index (κ1) is 13.0. The number of thioether (sulfide) groups is 1. The lowest BCUT2D eigenvalue weighted by Crippen LogP contribution is -2.44. The van der Waals surface area contributed by atoms with Gasteiger partial charge in [0.15, 0.2) is 0 Å². The SMILES string of the molecule is O=C1CCC[C@@H]2CC=CC[C@@]12CSc1ccccc1. The first-order valence-corrected chi connectivity index (χ1v) is 8.16. The first-order chi connectivity index (χ1) is 9.31. The van der Waals surface area contributed by atoms with Crippen LogP contribution in [0.1, 0.15) is 32.1 Å². The third-order valence-corrected chi connectivity index (χ3v) is 5.87. The van der Waals surface area contributed by atoms with E-state index in [-0.39, 0.29) is 5.41 Å². The summed E-state index contributed by atoms with van der Waals surface area (Å²) < 4.78 is 0. The molecule has 0 radical (unpaired) electrons. The van der Waals surface area contributed by atoms with Crippen molar-refractivity contribution in [3.05, 3.63) is 42.5 Å². The van der Waals surface area contributed by atoms with Gasteiger partial charge in [0.05, 0.1) is 0 Å². The van der Waals surface area contributed by atoms with Crippen molar-refractivity contribution in [2.24, 2.45) is 11.3 Å². The van der Waals surface area contributed by atoms with Crippen LogP contribution in [-0.4, -0.2) is 11.5 Å². The van der Waals surface area contributed by atoms with Gasteiger partial charge in [0.2, 0.25) is 0 Å². The predicted octanol–water partition coefficient (Wildman–Crippen LogP) is 4.48. The summed E-state index contributed by atoms with van der Waals surface area (Å²) in [4.78, 5) is 13.8. The molecule has 0 bridgehead atoms. The van der Waals surface area contributed by atoms with Gasteiger partial charge < -0.3 is 0 Å². The van der Waals surface area contributed by atoms with E-state index in [0.29, 0.717) is 11.7 Å². The summed E-state index contributed by atoms with van der Waals surface area (Å²) >= 11 is 1.85. The Balaban J connectivity index is 1.78. The molecule has 0 heterocycles. The molecule has 1 saturated carbocycles. The molecule has 0 saturated heterocycles. The Bertz CT molecular complexity index is 479. The molecule has 0 N–H and O–H groups in total. The van der Waals surface area contributed by atoms with Gasteiger partial charge in [0.25, 0.3) is 0 Å². The molecule has 3 rings (SSSR count). The highest BCUT2D eigenvalue weighted by Gasteiger charge is 2.46. The summed E-state index contributed by atoms with van der Waals surface area (Å²) in [5.74, 6) is 2.04. The molecule has 0 unspecified atom stereocenters. The van der Waals surface area contributed by atoms with E-state index in [4.69, 9.17) is 0 Å². The summed E-state index contributed by atoms with van der Waals surface area (Å²) in [6.07, 6.45) is 9.66. The summed E-state index contributed by atoms with van der Waals surface area (Å²) in [5.41, 5.74) is -0.0759. The fourth-order valence-electron chi connectivity index (χ4n) is 3.43. The normalized spacial score (nSPS) is 30.1. The number of Topliss-reactive ketones (excluding diaryl/α,β-unsaturated/α-hetero) is 1. The van der Waals surface area contributed by atoms with E-state index < -0.39 is 0 Å². The molecule has 1 aromatic carbocycles. The Labute approximate surface area is 119 Å². The van der Waals surface area contributed by atoms with Crippen LogP contribution >= 0.6 is 11.8 Å². The van der Waals surface area contributed by atoms with Crippen molar-refractivity contribution in [3.63, 3.8) is 0 Å². The summed E-state index contributed by atoms with van der Waals surface area (Å²) in [5, 5.41) is 0. The highest BCUT2D eigenvalue weighted by molar-refractivity contribution is 7.99. The number of benzene rings is 1. The van der Waals surface area contributed by atoms with E-state index in [0.717, 1.165) is 31.4 Å². The zero-order valence-electron chi connectivity index (χ0n) is 11.2. The van der Waals surface area contributed by atoms with E-state index in [1.165, 1.54) is 11.3 Å². The van der Waals surface area contributed by atoms with Crippen molar-refractivity contribution >= 4 is 17.5 Å². The van der Waals surface area contributed by atoms with Crippen LogP contribution in [0.5, 0.6) is 0 Å². The van der Waals surface area contributed by atoms with E-state index in [9.17, 15) is 4.79 Å². The lowest BCUT2D eigenvalue weighted by atomic mass is 9.61. The average Bonchev–Trinajstić information content (AvgIpc) is 2.47. The van der Waals surface area contributed by atoms with Crippen molar-refractivity contribution in [3.8, 4) is 0 Å². The van der Waals surface area contributed by atoms with Gasteiger partial charge in [-0.3, -0.25) is 4.79 Å². The maximum atomic E-state index is 12.5. The lowest BCUT2D eigenvalue weighted by molar-refractivity contribution is -0.133. The third kappa shape index (κ3) is 2.51. The van der Waals surface area contributed by atoms with E-state index in [1.54, 1.807) is 0 Å². The molecule has 2 aliphatic carbocycles. The van der Waals surface area contributed by atoms with Crippen LogP contribution in [0.3, 0.4) is 0 Å². The van der Waals surface area contributed by atoms with Crippen molar-refractivity contribution < 1.29 is 4.79 Å². The van der Waals surface area contributed by atoms with Gasteiger partial charge >= 0.3 is 0 Å². The maximum Gasteiger partial charge on any atom is 0.140 e. The average molecular weight is 272 g/mol. The van der Waals surface area contributed by atoms with Gasteiger partial charge in [0, 0.05) is 22.5 Å². The van der Waals surface area contributed by atoms with Gasteiger partial charge in [-0.2, -0.15) is 0 Å². The standard InChI is InChI=1S/C17H20OS/c18-16-11-6-8-14-7-4-5-12-17(14,16)13-19-15-9-2-1-3-10-15/h1-5,9-10,14H,6-8,11-13H2/t14-,17-/m0/s1. The van der Waals surface area contributed by atoms with Crippen LogP contribution in [0.15, 0.2) is 47.4 Å². The first-order valence-electron chi connectivity index (χ1n) is 7.17. The fraction of sp³-hybridized carbons (Fsp3) is 0.471. The van der Waals surface area contributed by atoms with Gasteiger partial charge in [-0.25, -0.2) is 0 Å². The van der Waals surface area contributed by atoms with Crippen LogP contribution in [0.2, 0.25) is 0 Å². The van der Waals surface area contributed by atoms with E-state index in [2.05, 4.69) is 36.4 Å². The monoisotopic (exact) mass is 272 g/mol. The molecule has 19 heavy (non-hydrogen) atoms. The van der Waals surface area contributed by atoms with Crippen molar-refractivity contribution in [2.45, 2.75) is 37.0 Å². The highest BCUT2D eigenvalue weighted by Crippen LogP contribution is 2.48. The maximum absolute atomic E-state index is 12.5. The van der Waals surface area contributed by atoms with Gasteiger partial charge in [0.1, 0.15) is 5.78 Å². The van der Waals surface area contributed by atoms with Crippen LogP contribution in [0.25, 0.3) is 0 Å². The Kier molecular flexibility index (Phi) is 3.79. The Morgan fingerprint density at radius 2 is 2.05 bits per heavy atom. The summed E-state index contributed by atoms with van der Waals surface area (Å²) in [6.45, 7) is 0. The highest BCUT2D eigenvalue weighted by atomic mass is 32.2. The second-order valence-corrected chi connectivity index (χ2v) is 6.73. The number of ketones is 1. The minimum atomic E-state index is -0.0759. The molecule has 2 aliphatic rings. The Morgan fingerprint density at radius 3 is 2.89 bits per heavy atom. The number of carbonyl (C=O) groups is 1. The number of carbonyl (C=O) groups excluding carboxylic acids is 1. The molecule has 0 spiro atoms. The molecule has 0 amide bonds. The van der Waals surface area contributed by atoms with Crippen molar-refractivity contribution in [1.29, 1.82) is 0 Å². The van der Waals surface area contributed by atoms with Crippen LogP contribution in [0, 0.1) is 11.3 Å². The largest absolute Gasteiger partial charge is 0.299 e. The van der Waals surface area contributed by atoms with Crippen LogP contribution < -0.4 is 0 Å². The molecule has 2 atom stereocenters. The number of fused-ring (bicyclic) bond motifs is 1. The number of allylic oxidation sites excluding steroid dienone is 2. The van der Waals surface area contributed by atoms with Gasteiger partial charge in [-0.15, -0.1) is 11.8 Å². The fourth-order valence-corrected chi connectivity index (χ4v) is 4.71. The molecule has 0 aromatic heterocycles. The smallest absolute Gasteiger partial charge is 0.140 e. The van der Waals surface area contributed by atoms with Gasteiger partial charge in [-0.05, 0) is 43.7 Å². The molecule has 0 aliphatic heterocycles. The predicted molar refractivity (Wildman–Crippen MR) is 80.3 cm³/mol. The van der Waals surface area contributed by atoms with E-state index >= 15 is 0 Å². The molecule has 1 fully saturated rings. The Morgan fingerprint density at radius 1 is 1.21 bits per heavy atom. The van der Waals surface area contributed by atoms with Crippen molar-refractivity contribution in [1.82, 2.24) is 0 Å². The zero-order valence-corrected chi connectivity index (χ0v) is 12.0. The number of hydrogen-bond acceptors (Lipinski definition) is 2. The molecule has 1 nitrogen and oxygen atoms in total. The second kappa shape index (κ2) is 5.54. The second-order valence-electron chi connectivity index (χ2n) is 5.68. The molecule has 2 heteroatoms. The third-order valence-electron chi connectivity index (χ3n) is 4.60. The van der Waals surface area contributed by atoms with Crippen LogP contribution in [-0.2, 0) is 4.79 Å². The molecule has 1 aromatic rings. The molecule has 100 valence electrons. The quantitative estimate of drug-likeness (QED) is 0.596. The summed E-state index contributed by atoms with van der Waals surface area (Å²) in [7, 11) is 0. The van der Waals surface area contributed by atoms with E-state index in [1.807, 2.05) is 17.8 Å².